The molecular formula is C20H39N2O8PS. The van der Waals surface area contributed by atoms with Gasteiger partial charge in [-0.3, -0.25) is 18.9 Å². The van der Waals surface area contributed by atoms with Crippen LogP contribution < -0.4 is 10.6 Å². The number of amides is 2. The molecule has 32 heavy (non-hydrogen) atoms. The summed E-state index contributed by atoms with van der Waals surface area (Å²) >= 11 is 1.20. The molecule has 10 nitrogen and oxygen atoms in total. The molecule has 0 unspecified atom stereocenters. The lowest BCUT2D eigenvalue weighted by molar-refractivity contribution is -0.137. The summed E-state index contributed by atoms with van der Waals surface area (Å²) < 4.78 is 15.1. The Morgan fingerprint density at radius 1 is 1.00 bits per heavy atom. The highest BCUT2D eigenvalue weighted by atomic mass is 32.2. The molecule has 0 aliphatic carbocycles. The molecule has 0 radical (unpaired) electrons. The minimum absolute atomic E-state index is 0.00571. The largest absolute Gasteiger partial charge is 0.469 e. The molecule has 0 rings (SSSR count). The van der Waals surface area contributed by atoms with Crippen LogP contribution in [-0.2, 0) is 23.5 Å². The van der Waals surface area contributed by atoms with Gasteiger partial charge in [0, 0.05) is 37.1 Å². The number of carbonyl (C=O) groups excluding carboxylic acids is 3. The first kappa shape index (κ1) is 31.0. The summed E-state index contributed by atoms with van der Waals surface area (Å²) in [5, 5.41) is 15.3. The van der Waals surface area contributed by atoms with Crippen LogP contribution in [0.25, 0.3) is 0 Å². The van der Waals surface area contributed by atoms with E-state index in [0.717, 1.165) is 19.3 Å². The van der Waals surface area contributed by atoms with E-state index in [1.807, 2.05) is 0 Å². The molecule has 2 amide bonds. The van der Waals surface area contributed by atoms with Gasteiger partial charge < -0.3 is 25.5 Å². The van der Waals surface area contributed by atoms with Crippen LogP contribution in [0.1, 0.15) is 72.1 Å². The molecule has 12 heteroatoms. The van der Waals surface area contributed by atoms with E-state index in [9.17, 15) is 24.1 Å². The molecule has 0 saturated heterocycles. The maximum absolute atomic E-state index is 12.0. The molecule has 0 aromatic heterocycles. The zero-order valence-corrected chi connectivity index (χ0v) is 21.0. The number of hydrogen-bond acceptors (Lipinski definition) is 7. The molecule has 1 atom stereocenters. The predicted octanol–water partition coefficient (Wildman–Crippen LogP) is 2.12. The van der Waals surface area contributed by atoms with E-state index in [-0.39, 0.29) is 24.0 Å². The average molecular weight is 499 g/mol. The lowest BCUT2D eigenvalue weighted by Gasteiger charge is -2.29. The molecule has 5 N–H and O–H groups in total. The van der Waals surface area contributed by atoms with E-state index >= 15 is 0 Å². The van der Waals surface area contributed by atoms with Crippen molar-refractivity contribution in [2.24, 2.45) is 5.41 Å². The van der Waals surface area contributed by atoms with Gasteiger partial charge in [0.05, 0.1) is 6.61 Å². The predicted molar refractivity (Wildman–Crippen MR) is 124 cm³/mol. The van der Waals surface area contributed by atoms with Crippen LogP contribution in [-0.4, -0.2) is 63.4 Å². The van der Waals surface area contributed by atoms with Gasteiger partial charge in [-0.15, -0.1) is 0 Å². The van der Waals surface area contributed by atoms with E-state index in [1.54, 1.807) is 0 Å². The average Bonchev–Trinajstić information content (AvgIpc) is 2.71. The lowest BCUT2D eigenvalue weighted by Crippen LogP contribution is -2.46. The van der Waals surface area contributed by atoms with E-state index in [2.05, 4.69) is 22.1 Å². The Hall–Kier alpha value is -0.970. The third-order valence-corrected chi connectivity index (χ3v) is 6.07. The number of thioether (sulfide) groups is 1. The van der Waals surface area contributed by atoms with Crippen LogP contribution in [0.3, 0.4) is 0 Å². The molecule has 0 fully saturated rings. The van der Waals surface area contributed by atoms with E-state index in [4.69, 9.17) is 9.79 Å². The summed E-state index contributed by atoms with van der Waals surface area (Å²) in [6, 6.07) is 0. The lowest BCUT2D eigenvalue weighted by atomic mass is 9.87. The van der Waals surface area contributed by atoms with Gasteiger partial charge >= 0.3 is 7.82 Å². The Labute approximate surface area is 194 Å². The van der Waals surface area contributed by atoms with E-state index in [0.29, 0.717) is 18.7 Å². The Kier molecular flexibility index (Phi) is 16.1. The number of aliphatic hydroxyl groups is 1. The fourth-order valence-corrected chi connectivity index (χ4v) is 3.87. The van der Waals surface area contributed by atoms with Crippen molar-refractivity contribution in [2.45, 2.75) is 78.2 Å². The number of carbonyl (C=O) groups is 3. The summed E-state index contributed by atoms with van der Waals surface area (Å²) in [4.78, 5) is 53.1. The number of rotatable bonds is 18. The zero-order valence-electron chi connectivity index (χ0n) is 19.3. The maximum atomic E-state index is 12.0. The van der Waals surface area contributed by atoms with Gasteiger partial charge in [-0.2, -0.15) is 0 Å². The quantitative estimate of drug-likeness (QED) is 0.141. The number of nitrogens with one attached hydrogen (secondary N) is 2. The number of phosphoric acid groups is 1. The topological polar surface area (TPSA) is 162 Å². The molecule has 0 bridgehead atoms. The Morgan fingerprint density at radius 3 is 2.25 bits per heavy atom. The summed E-state index contributed by atoms with van der Waals surface area (Å²) in [5.74, 6) is -0.583. The van der Waals surface area contributed by atoms with Crippen molar-refractivity contribution < 1.29 is 38.4 Å². The third-order valence-electron chi connectivity index (χ3n) is 4.67. The second-order valence-electron chi connectivity index (χ2n) is 8.28. The van der Waals surface area contributed by atoms with Crippen LogP contribution in [0.15, 0.2) is 0 Å². The molecule has 0 saturated carbocycles. The monoisotopic (exact) mass is 498 g/mol. The van der Waals surface area contributed by atoms with Crippen molar-refractivity contribution >= 4 is 36.5 Å². The van der Waals surface area contributed by atoms with Gasteiger partial charge in [-0.1, -0.05) is 64.6 Å². The molecule has 0 spiro atoms. The summed E-state index contributed by atoms with van der Waals surface area (Å²) in [7, 11) is -4.72. The number of unbranched alkanes of at least 4 members (excludes halogenated alkanes) is 5. The van der Waals surface area contributed by atoms with Gasteiger partial charge in [-0.25, -0.2) is 4.57 Å². The summed E-state index contributed by atoms with van der Waals surface area (Å²) in [6.07, 6.45) is 5.74. The van der Waals surface area contributed by atoms with Crippen LogP contribution in [0, 0.1) is 5.41 Å². The van der Waals surface area contributed by atoms with E-state index < -0.39 is 31.9 Å². The summed E-state index contributed by atoms with van der Waals surface area (Å²) in [5.41, 5.74) is -1.24. The van der Waals surface area contributed by atoms with Crippen molar-refractivity contribution in [1.29, 1.82) is 0 Å². The Balaban J connectivity index is 3.91. The molecular weight excluding hydrogens is 459 g/mol. The van der Waals surface area contributed by atoms with Crippen LogP contribution in [0.5, 0.6) is 0 Å². The van der Waals surface area contributed by atoms with Crippen LogP contribution in [0.4, 0.5) is 0 Å². The van der Waals surface area contributed by atoms with Crippen molar-refractivity contribution in [3.8, 4) is 0 Å². The van der Waals surface area contributed by atoms with Gasteiger partial charge in [0.2, 0.25) is 11.8 Å². The molecule has 0 heterocycles. The molecule has 188 valence electrons. The van der Waals surface area contributed by atoms with Crippen molar-refractivity contribution in [3.05, 3.63) is 0 Å². The standard InChI is InChI=1S/C20H39N2O8PS/c1-4-5-6-7-8-9-10-17(24)32-14-13-21-16(23)11-12-22-19(26)18(25)20(2,3)15-30-31(27,28)29/h18,25H,4-15H2,1-3H3,(H,21,23)(H,22,26)(H2,27,28,29)/t18-/m1/s1. The fraction of sp³-hybridized carbons (Fsp3) is 0.850. The molecule has 0 aromatic rings. The highest BCUT2D eigenvalue weighted by Gasteiger charge is 2.35. The van der Waals surface area contributed by atoms with Crippen molar-refractivity contribution in [3.63, 3.8) is 0 Å². The van der Waals surface area contributed by atoms with Gasteiger partial charge in [0.1, 0.15) is 6.10 Å². The fourth-order valence-electron chi connectivity index (χ4n) is 2.65. The minimum Gasteiger partial charge on any atom is -0.383 e. The first-order chi connectivity index (χ1) is 14.9. The second-order valence-corrected chi connectivity index (χ2v) is 10.7. The minimum atomic E-state index is -4.72. The summed E-state index contributed by atoms with van der Waals surface area (Å²) in [6.45, 7) is 4.81. The molecule has 0 aliphatic rings. The SMILES string of the molecule is CCCCCCCCC(=O)SCCNC(=O)CCNC(=O)[C@@H](O)C(C)(C)COP(=O)(O)O. The Bertz CT molecular complexity index is 627. The van der Waals surface area contributed by atoms with Crippen molar-refractivity contribution in [1.82, 2.24) is 10.6 Å². The second kappa shape index (κ2) is 16.6. The molecule has 0 aliphatic heterocycles. The van der Waals surface area contributed by atoms with Gasteiger partial charge in [0.25, 0.3) is 0 Å². The van der Waals surface area contributed by atoms with E-state index in [1.165, 1.54) is 44.9 Å². The first-order valence-corrected chi connectivity index (χ1v) is 13.5. The van der Waals surface area contributed by atoms with Gasteiger partial charge in [0.15, 0.2) is 5.12 Å². The number of hydrogen-bond donors (Lipinski definition) is 5. The smallest absolute Gasteiger partial charge is 0.383 e. The highest BCUT2D eigenvalue weighted by molar-refractivity contribution is 8.13. The number of phosphoric ester groups is 1. The van der Waals surface area contributed by atoms with Crippen molar-refractivity contribution in [2.75, 3.05) is 25.4 Å². The third kappa shape index (κ3) is 16.6. The first-order valence-electron chi connectivity index (χ1n) is 11.0. The maximum Gasteiger partial charge on any atom is 0.469 e. The van der Waals surface area contributed by atoms with Crippen LogP contribution >= 0.6 is 19.6 Å². The highest BCUT2D eigenvalue weighted by Crippen LogP contribution is 2.38. The van der Waals surface area contributed by atoms with Gasteiger partial charge in [-0.05, 0) is 6.42 Å². The zero-order chi connectivity index (χ0) is 24.6. The Morgan fingerprint density at radius 2 is 1.62 bits per heavy atom. The normalized spacial score (nSPS) is 12.9. The molecule has 0 aromatic carbocycles. The number of aliphatic hydroxyl groups excluding tert-OH is 1. The van der Waals surface area contributed by atoms with Crippen LogP contribution in [0.2, 0.25) is 0 Å².